The molecule has 0 aromatic heterocycles. The first kappa shape index (κ1) is 18.8. The van der Waals surface area contributed by atoms with Crippen LogP contribution in [0.3, 0.4) is 0 Å². The summed E-state index contributed by atoms with van der Waals surface area (Å²) in [5.74, 6) is -0.817. The highest BCUT2D eigenvalue weighted by Gasteiger charge is 2.11. The molecule has 2 aromatic rings. The molecule has 0 aliphatic rings. The van der Waals surface area contributed by atoms with Crippen molar-refractivity contribution < 1.29 is 32.7 Å². The first-order chi connectivity index (χ1) is 12.4. The van der Waals surface area contributed by atoms with Gasteiger partial charge in [-0.15, -0.1) is 0 Å². The Morgan fingerprint density at radius 1 is 1.19 bits per heavy atom. The average molecular weight is 365 g/mol. The van der Waals surface area contributed by atoms with Crippen LogP contribution in [0.1, 0.15) is 5.56 Å². The Bertz CT molecular complexity index is 838. The van der Waals surface area contributed by atoms with Crippen LogP contribution in [0.15, 0.2) is 48.5 Å². The van der Waals surface area contributed by atoms with Crippen LogP contribution in [0.5, 0.6) is 17.2 Å². The Labute approximate surface area is 146 Å². The molecule has 0 N–H and O–H groups in total. The highest BCUT2D eigenvalue weighted by molar-refractivity contribution is 5.88. The van der Waals surface area contributed by atoms with Crippen molar-refractivity contribution in [3.05, 3.63) is 64.2 Å². The van der Waals surface area contributed by atoms with Crippen molar-refractivity contribution >= 4 is 17.7 Å². The SMILES string of the molecule is COc1cc(C=CC(=O)Oc2cccc([N+](=O)[O-])c2)ccc1OC(F)F. The zero-order chi connectivity index (χ0) is 19.1. The van der Waals surface area contributed by atoms with E-state index in [0.29, 0.717) is 5.56 Å². The highest BCUT2D eigenvalue weighted by Crippen LogP contribution is 2.29. The van der Waals surface area contributed by atoms with Gasteiger partial charge in [-0.3, -0.25) is 10.1 Å². The predicted octanol–water partition coefficient (Wildman–Crippen LogP) is 3.82. The lowest BCUT2D eigenvalue weighted by atomic mass is 10.2. The largest absolute Gasteiger partial charge is 0.493 e. The molecule has 0 heterocycles. The van der Waals surface area contributed by atoms with Gasteiger partial charge in [-0.2, -0.15) is 8.78 Å². The van der Waals surface area contributed by atoms with Crippen molar-refractivity contribution in [2.24, 2.45) is 0 Å². The van der Waals surface area contributed by atoms with E-state index in [1.54, 1.807) is 0 Å². The van der Waals surface area contributed by atoms with Gasteiger partial charge in [0.1, 0.15) is 5.75 Å². The number of halogens is 2. The first-order valence-corrected chi connectivity index (χ1v) is 7.16. The van der Waals surface area contributed by atoms with Crippen LogP contribution in [0.4, 0.5) is 14.5 Å². The van der Waals surface area contributed by atoms with Gasteiger partial charge < -0.3 is 14.2 Å². The number of esters is 1. The molecule has 0 spiro atoms. The monoisotopic (exact) mass is 365 g/mol. The lowest BCUT2D eigenvalue weighted by Gasteiger charge is -2.10. The summed E-state index contributed by atoms with van der Waals surface area (Å²) >= 11 is 0. The third-order valence-corrected chi connectivity index (χ3v) is 3.06. The van der Waals surface area contributed by atoms with E-state index in [0.717, 1.165) is 12.1 Å². The van der Waals surface area contributed by atoms with Crippen LogP contribution in [0.25, 0.3) is 6.08 Å². The van der Waals surface area contributed by atoms with Gasteiger partial charge in [0.25, 0.3) is 5.69 Å². The van der Waals surface area contributed by atoms with E-state index < -0.39 is 17.5 Å². The summed E-state index contributed by atoms with van der Waals surface area (Å²) < 4.78 is 38.8. The molecule has 0 aliphatic heterocycles. The number of hydrogen-bond acceptors (Lipinski definition) is 6. The normalized spacial score (nSPS) is 10.8. The molecule has 0 unspecified atom stereocenters. The minimum Gasteiger partial charge on any atom is -0.493 e. The van der Waals surface area contributed by atoms with Crippen molar-refractivity contribution in [1.82, 2.24) is 0 Å². The fourth-order valence-corrected chi connectivity index (χ4v) is 1.96. The maximum absolute atomic E-state index is 12.3. The summed E-state index contributed by atoms with van der Waals surface area (Å²) in [6, 6.07) is 9.28. The number of carbonyl (C=O) groups excluding carboxylic acids is 1. The molecule has 136 valence electrons. The molecule has 2 rings (SSSR count). The van der Waals surface area contributed by atoms with Gasteiger partial charge in [0, 0.05) is 12.1 Å². The molecule has 0 radical (unpaired) electrons. The van der Waals surface area contributed by atoms with Crippen molar-refractivity contribution in [3.63, 3.8) is 0 Å². The second kappa shape index (κ2) is 8.56. The molecule has 0 saturated carbocycles. The van der Waals surface area contributed by atoms with E-state index in [2.05, 4.69) is 4.74 Å². The molecule has 0 saturated heterocycles. The smallest absolute Gasteiger partial charge is 0.387 e. The molecular formula is C17H13F2NO6. The van der Waals surface area contributed by atoms with Gasteiger partial charge >= 0.3 is 12.6 Å². The molecule has 2 aromatic carbocycles. The quantitative estimate of drug-likeness (QED) is 0.244. The number of carbonyl (C=O) groups is 1. The second-order valence-corrected chi connectivity index (χ2v) is 4.80. The summed E-state index contributed by atoms with van der Waals surface area (Å²) in [6.07, 6.45) is 2.45. The fourth-order valence-electron chi connectivity index (χ4n) is 1.96. The van der Waals surface area contributed by atoms with Crippen LogP contribution in [0.2, 0.25) is 0 Å². The number of benzene rings is 2. The topological polar surface area (TPSA) is 87.9 Å². The number of nitro groups is 1. The van der Waals surface area contributed by atoms with Gasteiger partial charge in [0.15, 0.2) is 11.5 Å². The minimum atomic E-state index is -2.99. The Balaban J connectivity index is 2.08. The molecule has 9 heteroatoms. The first-order valence-electron chi connectivity index (χ1n) is 7.16. The number of ether oxygens (including phenoxy) is 3. The van der Waals surface area contributed by atoms with Gasteiger partial charge in [-0.25, -0.2) is 4.79 Å². The van der Waals surface area contributed by atoms with Crippen molar-refractivity contribution in [3.8, 4) is 17.2 Å². The average Bonchev–Trinajstić information content (AvgIpc) is 2.60. The number of methoxy groups -OCH3 is 1. The lowest BCUT2D eigenvalue weighted by molar-refractivity contribution is -0.384. The predicted molar refractivity (Wildman–Crippen MR) is 87.4 cm³/mol. The summed E-state index contributed by atoms with van der Waals surface area (Å²) in [4.78, 5) is 21.9. The number of nitro benzene ring substituents is 1. The molecule has 0 aliphatic carbocycles. The van der Waals surface area contributed by atoms with Gasteiger partial charge in [0.05, 0.1) is 18.1 Å². The van der Waals surface area contributed by atoms with Crippen molar-refractivity contribution in [2.75, 3.05) is 7.11 Å². The molecule has 0 amide bonds. The number of hydrogen-bond donors (Lipinski definition) is 0. The number of non-ortho nitro benzene ring substituents is 1. The van der Waals surface area contributed by atoms with E-state index in [4.69, 9.17) is 9.47 Å². The van der Waals surface area contributed by atoms with Crippen LogP contribution in [-0.2, 0) is 4.79 Å². The van der Waals surface area contributed by atoms with Gasteiger partial charge in [-0.05, 0) is 29.8 Å². The highest BCUT2D eigenvalue weighted by atomic mass is 19.3. The van der Waals surface area contributed by atoms with Crippen LogP contribution >= 0.6 is 0 Å². The maximum Gasteiger partial charge on any atom is 0.387 e. The summed E-state index contributed by atoms with van der Waals surface area (Å²) in [5, 5.41) is 10.7. The number of alkyl halides is 2. The zero-order valence-corrected chi connectivity index (χ0v) is 13.4. The minimum absolute atomic E-state index is 0.0205. The standard InChI is InChI=1S/C17H13F2NO6/c1-24-15-9-11(5-7-14(15)26-17(18)19)6-8-16(21)25-13-4-2-3-12(10-13)20(22)23/h2-10,17H,1H3. The van der Waals surface area contributed by atoms with Crippen LogP contribution in [0, 0.1) is 10.1 Å². The third kappa shape index (κ3) is 5.26. The molecule has 0 fully saturated rings. The summed E-state index contributed by atoms with van der Waals surface area (Å²) in [6.45, 7) is -2.99. The lowest BCUT2D eigenvalue weighted by Crippen LogP contribution is -2.04. The molecule has 26 heavy (non-hydrogen) atoms. The van der Waals surface area contributed by atoms with E-state index in [1.807, 2.05) is 0 Å². The van der Waals surface area contributed by atoms with Crippen LogP contribution < -0.4 is 14.2 Å². The molecule has 0 atom stereocenters. The zero-order valence-electron chi connectivity index (χ0n) is 13.4. The molecular weight excluding hydrogens is 352 g/mol. The molecule has 7 nitrogen and oxygen atoms in total. The number of rotatable bonds is 7. The van der Waals surface area contributed by atoms with Crippen LogP contribution in [-0.4, -0.2) is 24.6 Å². The fraction of sp³-hybridized carbons (Fsp3) is 0.118. The number of nitrogens with zero attached hydrogens (tertiary/aromatic N) is 1. The van der Waals surface area contributed by atoms with Gasteiger partial charge in [-0.1, -0.05) is 12.1 Å². The Kier molecular flexibility index (Phi) is 6.20. The Morgan fingerprint density at radius 3 is 2.62 bits per heavy atom. The maximum atomic E-state index is 12.3. The van der Waals surface area contributed by atoms with E-state index >= 15 is 0 Å². The van der Waals surface area contributed by atoms with E-state index in [9.17, 15) is 23.7 Å². The van der Waals surface area contributed by atoms with Gasteiger partial charge in [0.2, 0.25) is 0 Å². The molecule has 0 bridgehead atoms. The third-order valence-electron chi connectivity index (χ3n) is 3.06. The van der Waals surface area contributed by atoms with Crippen molar-refractivity contribution in [2.45, 2.75) is 6.61 Å². The second-order valence-electron chi connectivity index (χ2n) is 4.80. The summed E-state index contributed by atoms with van der Waals surface area (Å²) in [7, 11) is 1.29. The Morgan fingerprint density at radius 2 is 1.96 bits per heavy atom. The van der Waals surface area contributed by atoms with E-state index in [1.165, 1.54) is 49.6 Å². The summed E-state index contributed by atoms with van der Waals surface area (Å²) in [5.41, 5.74) is 0.262. The van der Waals surface area contributed by atoms with E-state index in [-0.39, 0.29) is 22.9 Å². The Hall–Kier alpha value is -3.49. The van der Waals surface area contributed by atoms with Crippen molar-refractivity contribution in [1.29, 1.82) is 0 Å².